The van der Waals surface area contributed by atoms with Gasteiger partial charge in [0.05, 0.1) is 18.8 Å². The van der Waals surface area contributed by atoms with E-state index < -0.39 is 18.2 Å². The number of aliphatic hydroxyl groups excluding tert-OH is 3. The molecule has 5 nitrogen and oxygen atoms in total. The van der Waals surface area contributed by atoms with Gasteiger partial charge in [-0.15, -0.1) is 0 Å². The Morgan fingerprint density at radius 2 is 0.667 bits per heavy atom. The minimum atomic E-state index is -1.16. The van der Waals surface area contributed by atoms with E-state index >= 15 is 0 Å². The Bertz CT molecular complexity index is 848. The average Bonchev–Trinajstić information content (AvgIpc) is 3.25. The van der Waals surface area contributed by atoms with Crippen molar-refractivity contribution >= 4 is 5.91 Å². The van der Waals surface area contributed by atoms with Gasteiger partial charge >= 0.3 is 0 Å². The first-order valence-electron chi connectivity index (χ1n) is 27.5. The minimum Gasteiger partial charge on any atom is -0.394 e. The summed E-state index contributed by atoms with van der Waals surface area (Å²) in [4.78, 5) is 12.5. The van der Waals surface area contributed by atoms with Crippen molar-refractivity contribution in [2.24, 2.45) is 0 Å². The fraction of sp³-hybridized carbons (Fsp3) is 0.945. The normalized spacial score (nSPS) is 13.3. The lowest BCUT2D eigenvalue weighted by Gasteiger charge is -2.26. The van der Waals surface area contributed by atoms with Gasteiger partial charge in [-0.2, -0.15) is 0 Å². The molecule has 0 aromatic heterocycles. The van der Waals surface area contributed by atoms with Gasteiger partial charge in [0.2, 0.25) is 5.91 Å². The lowest BCUT2D eigenvalue weighted by atomic mass is 10.0. The van der Waals surface area contributed by atoms with Crippen molar-refractivity contribution in [1.29, 1.82) is 0 Å². The van der Waals surface area contributed by atoms with Gasteiger partial charge in [0.15, 0.2) is 0 Å². The topological polar surface area (TPSA) is 89.8 Å². The third-order valence-corrected chi connectivity index (χ3v) is 13.1. The molecule has 0 aromatic carbocycles. The molecular weight excluding hydrogens is 739 g/mol. The number of hydrogen-bond donors (Lipinski definition) is 4. The number of rotatable bonds is 51. The number of amides is 1. The van der Waals surface area contributed by atoms with Crippen LogP contribution in [0.25, 0.3) is 0 Å². The van der Waals surface area contributed by atoms with E-state index in [0.717, 1.165) is 38.5 Å². The fourth-order valence-corrected chi connectivity index (χ4v) is 8.87. The molecule has 3 unspecified atom stereocenters. The van der Waals surface area contributed by atoms with Crippen LogP contribution in [0, 0.1) is 0 Å². The first-order chi connectivity index (χ1) is 29.6. The van der Waals surface area contributed by atoms with Crippen molar-refractivity contribution in [3.8, 4) is 0 Å². The molecule has 0 heterocycles. The summed E-state index contributed by atoms with van der Waals surface area (Å²) in [5, 5.41) is 33.7. The highest BCUT2D eigenvalue weighted by atomic mass is 16.3. The number of aliphatic hydroxyl groups is 3. The maximum Gasteiger partial charge on any atom is 0.220 e. The van der Waals surface area contributed by atoms with Crippen LogP contribution in [-0.4, -0.2) is 46.1 Å². The zero-order valence-corrected chi connectivity index (χ0v) is 40.9. The van der Waals surface area contributed by atoms with Gasteiger partial charge in [0.1, 0.15) is 6.10 Å². The smallest absolute Gasteiger partial charge is 0.220 e. The van der Waals surface area contributed by atoms with E-state index in [0.29, 0.717) is 12.8 Å². The molecule has 4 N–H and O–H groups in total. The average molecular weight is 848 g/mol. The molecule has 60 heavy (non-hydrogen) atoms. The number of nitrogens with one attached hydrogen (secondary N) is 1. The predicted octanol–water partition coefficient (Wildman–Crippen LogP) is 16.7. The van der Waals surface area contributed by atoms with Crippen LogP contribution in [0.5, 0.6) is 0 Å². The molecule has 3 atom stereocenters. The molecule has 5 heteroatoms. The Balaban J connectivity index is 3.55. The lowest BCUT2D eigenvalue weighted by Crippen LogP contribution is -2.50. The maximum atomic E-state index is 12.5. The molecule has 0 aliphatic heterocycles. The summed E-state index contributed by atoms with van der Waals surface area (Å²) >= 11 is 0. The van der Waals surface area contributed by atoms with E-state index in [1.807, 2.05) is 0 Å². The Hall–Kier alpha value is -0.910. The molecule has 358 valence electrons. The molecule has 0 aliphatic carbocycles. The van der Waals surface area contributed by atoms with E-state index in [4.69, 9.17) is 0 Å². The fourth-order valence-electron chi connectivity index (χ4n) is 8.87. The highest BCUT2D eigenvalue weighted by molar-refractivity contribution is 5.76. The highest BCUT2D eigenvalue weighted by Crippen LogP contribution is 2.18. The minimum absolute atomic E-state index is 0.147. The van der Waals surface area contributed by atoms with Crippen molar-refractivity contribution in [2.75, 3.05) is 6.61 Å². The van der Waals surface area contributed by atoms with Crippen molar-refractivity contribution < 1.29 is 20.1 Å². The highest BCUT2D eigenvalue weighted by Gasteiger charge is 2.26. The molecule has 0 saturated heterocycles. The van der Waals surface area contributed by atoms with Crippen LogP contribution in [0.15, 0.2) is 12.2 Å². The zero-order valence-electron chi connectivity index (χ0n) is 40.9. The summed E-state index contributed by atoms with van der Waals surface area (Å²) in [6.45, 7) is 4.21. The molecule has 1 amide bonds. The van der Waals surface area contributed by atoms with Crippen LogP contribution < -0.4 is 5.32 Å². The summed E-state index contributed by atoms with van der Waals surface area (Å²) < 4.78 is 0. The van der Waals surface area contributed by atoms with Crippen molar-refractivity contribution in [1.82, 2.24) is 5.32 Å². The zero-order chi connectivity index (χ0) is 43.7. The summed E-state index contributed by atoms with van der Waals surface area (Å²) in [5.74, 6) is -0.147. The summed E-state index contributed by atoms with van der Waals surface area (Å²) in [6, 6.07) is -0.822. The Morgan fingerprint density at radius 1 is 0.400 bits per heavy atom. The van der Waals surface area contributed by atoms with Crippen LogP contribution in [0.4, 0.5) is 0 Å². The number of carbonyl (C=O) groups excluding carboxylic acids is 1. The molecule has 0 rings (SSSR count). The first-order valence-corrected chi connectivity index (χ1v) is 27.5. The second kappa shape index (κ2) is 50.7. The van der Waals surface area contributed by atoms with E-state index in [1.165, 1.54) is 244 Å². The number of unbranched alkanes of at least 4 members (excludes halogenated alkanes) is 41. The molecule has 0 saturated carbocycles. The Labute approximate surface area is 376 Å². The SMILES string of the molecule is CCCCCCCCCCCCCCCCCCCC/C=C/CCCC(O)C(O)C(CO)NC(=O)CCCCCCCCCCCCCCCCCCCCCCCCC. The summed E-state index contributed by atoms with van der Waals surface area (Å²) in [5.41, 5.74) is 0. The third-order valence-electron chi connectivity index (χ3n) is 13.1. The quantitative estimate of drug-likeness (QED) is 0.0363. The largest absolute Gasteiger partial charge is 0.394 e. The van der Waals surface area contributed by atoms with Crippen LogP contribution in [0.1, 0.15) is 309 Å². The van der Waals surface area contributed by atoms with E-state index in [2.05, 4.69) is 31.3 Å². The Kier molecular flexibility index (Phi) is 50.0. The van der Waals surface area contributed by atoms with Gasteiger partial charge in [0.25, 0.3) is 0 Å². The second-order valence-electron chi connectivity index (χ2n) is 19.1. The van der Waals surface area contributed by atoms with E-state index in [9.17, 15) is 20.1 Å². The second-order valence-corrected chi connectivity index (χ2v) is 19.1. The van der Waals surface area contributed by atoms with Gasteiger partial charge in [-0.25, -0.2) is 0 Å². The lowest BCUT2D eigenvalue weighted by molar-refractivity contribution is -0.124. The van der Waals surface area contributed by atoms with Crippen LogP contribution in [0.2, 0.25) is 0 Å². The standard InChI is InChI=1S/C55H109NO4/c1-3-5-7-9-11-13-15-17-19-21-23-25-27-29-31-33-35-37-39-41-43-45-47-49-53(58)55(60)52(51-57)56-54(59)50-48-46-44-42-40-38-36-34-32-30-28-26-24-22-20-18-16-14-12-10-8-6-4-2/h41,43,52-53,55,57-58,60H,3-40,42,44-51H2,1-2H3,(H,56,59)/b43-41+. The number of hydrogen-bond acceptors (Lipinski definition) is 4. The monoisotopic (exact) mass is 848 g/mol. The Morgan fingerprint density at radius 3 is 0.967 bits per heavy atom. The summed E-state index contributed by atoms with van der Waals surface area (Å²) in [6.07, 6.45) is 62.2. The van der Waals surface area contributed by atoms with E-state index in [-0.39, 0.29) is 12.5 Å². The maximum absolute atomic E-state index is 12.5. The van der Waals surface area contributed by atoms with Crippen LogP contribution >= 0.6 is 0 Å². The number of carbonyl (C=O) groups is 1. The molecule has 0 fully saturated rings. The molecule has 0 radical (unpaired) electrons. The molecule has 0 aliphatic rings. The van der Waals surface area contributed by atoms with Gasteiger partial charge in [-0.3, -0.25) is 4.79 Å². The molecule has 0 spiro atoms. The van der Waals surface area contributed by atoms with Gasteiger partial charge in [-0.05, 0) is 38.5 Å². The molecular formula is C55H109NO4. The van der Waals surface area contributed by atoms with Crippen LogP contribution in [0.3, 0.4) is 0 Å². The van der Waals surface area contributed by atoms with Crippen molar-refractivity contribution in [2.45, 2.75) is 327 Å². The van der Waals surface area contributed by atoms with Gasteiger partial charge in [-0.1, -0.05) is 276 Å². The van der Waals surface area contributed by atoms with E-state index in [1.54, 1.807) is 0 Å². The number of allylic oxidation sites excluding steroid dienone is 2. The van der Waals surface area contributed by atoms with Gasteiger partial charge < -0.3 is 20.6 Å². The third kappa shape index (κ3) is 45.1. The molecule has 0 aromatic rings. The molecule has 0 bridgehead atoms. The predicted molar refractivity (Wildman–Crippen MR) is 264 cm³/mol. The van der Waals surface area contributed by atoms with Gasteiger partial charge in [0, 0.05) is 6.42 Å². The summed E-state index contributed by atoms with van der Waals surface area (Å²) in [7, 11) is 0. The first kappa shape index (κ1) is 59.1. The van der Waals surface area contributed by atoms with Crippen molar-refractivity contribution in [3.63, 3.8) is 0 Å². The van der Waals surface area contributed by atoms with Crippen molar-refractivity contribution in [3.05, 3.63) is 12.2 Å². The van der Waals surface area contributed by atoms with Crippen LogP contribution in [-0.2, 0) is 4.79 Å².